The van der Waals surface area contributed by atoms with Crippen molar-refractivity contribution in [3.05, 3.63) is 48.2 Å². The van der Waals surface area contributed by atoms with Crippen molar-refractivity contribution in [2.45, 2.75) is 13.8 Å². The SMILES string of the molecule is Cc1cc(-n2cnc3ccccc32)nc(C)n1. The number of aryl methyl sites for hydroxylation is 2. The average molecular weight is 224 g/mol. The number of hydrogen-bond donors (Lipinski definition) is 0. The van der Waals surface area contributed by atoms with Gasteiger partial charge in [-0.2, -0.15) is 0 Å². The Morgan fingerprint density at radius 1 is 1.06 bits per heavy atom. The zero-order valence-corrected chi connectivity index (χ0v) is 9.75. The van der Waals surface area contributed by atoms with E-state index in [-0.39, 0.29) is 0 Å². The number of nitrogens with zero attached hydrogens (tertiary/aromatic N) is 4. The molecule has 84 valence electrons. The molecule has 3 aromatic rings. The van der Waals surface area contributed by atoms with Gasteiger partial charge < -0.3 is 0 Å². The van der Waals surface area contributed by atoms with E-state index in [9.17, 15) is 0 Å². The molecule has 0 aliphatic heterocycles. The summed E-state index contributed by atoms with van der Waals surface area (Å²) in [5.41, 5.74) is 3.00. The van der Waals surface area contributed by atoms with Gasteiger partial charge in [0.1, 0.15) is 18.0 Å². The third kappa shape index (κ3) is 1.67. The van der Waals surface area contributed by atoms with Gasteiger partial charge in [-0.1, -0.05) is 12.1 Å². The molecule has 0 fully saturated rings. The summed E-state index contributed by atoms with van der Waals surface area (Å²) in [5.74, 6) is 1.64. The third-order valence-corrected chi connectivity index (χ3v) is 2.65. The Morgan fingerprint density at radius 3 is 2.71 bits per heavy atom. The second-order valence-corrected chi connectivity index (χ2v) is 4.02. The number of hydrogen-bond acceptors (Lipinski definition) is 3. The quantitative estimate of drug-likeness (QED) is 0.637. The molecule has 0 spiro atoms. The molecular weight excluding hydrogens is 212 g/mol. The highest BCUT2D eigenvalue weighted by molar-refractivity contribution is 5.76. The number of aromatic nitrogens is 4. The average Bonchev–Trinajstić information content (AvgIpc) is 2.71. The van der Waals surface area contributed by atoms with Gasteiger partial charge in [0.05, 0.1) is 11.0 Å². The summed E-state index contributed by atoms with van der Waals surface area (Å²) in [7, 11) is 0. The predicted octanol–water partition coefficient (Wildman–Crippen LogP) is 2.43. The molecule has 0 radical (unpaired) electrons. The van der Waals surface area contributed by atoms with E-state index in [2.05, 4.69) is 15.0 Å². The van der Waals surface area contributed by atoms with Gasteiger partial charge in [0.25, 0.3) is 0 Å². The lowest BCUT2D eigenvalue weighted by Crippen LogP contribution is -2.00. The van der Waals surface area contributed by atoms with Crippen molar-refractivity contribution >= 4 is 11.0 Å². The van der Waals surface area contributed by atoms with Gasteiger partial charge in [-0.05, 0) is 26.0 Å². The Morgan fingerprint density at radius 2 is 1.88 bits per heavy atom. The van der Waals surface area contributed by atoms with E-state index in [1.165, 1.54) is 0 Å². The maximum absolute atomic E-state index is 4.44. The van der Waals surface area contributed by atoms with Crippen LogP contribution in [0.3, 0.4) is 0 Å². The summed E-state index contributed by atoms with van der Waals surface area (Å²) in [6.45, 7) is 3.87. The summed E-state index contributed by atoms with van der Waals surface area (Å²) < 4.78 is 1.98. The fourth-order valence-corrected chi connectivity index (χ4v) is 1.96. The lowest BCUT2D eigenvalue weighted by Gasteiger charge is -2.05. The second-order valence-electron chi connectivity index (χ2n) is 4.02. The molecule has 0 N–H and O–H groups in total. The van der Waals surface area contributed by atoms with Crippen LogP contribution in [0.15, 0.2) is 36.7 Å². The van der Waals surface area contributed by atoms with Crippen molar-refractivity contribution in [2.24, 2.45) is 0 Å². The Kier molecular flexibility index (Phi) is 2.14. The zero-order chi connectivity index (χ0) is 11.8. The fraction of sp³-hybridized carbons (Fsp3) is 0.154. The number of benzene rings is 1. The first-order chi connectivity index (χ1) is 8.24. The van der Waals surface area contributed by atoms with Crippen molar-refractivity contribution in [1.29, 1.82) is 0 Å². The lowest BCUT2D eigenvalue weighted by molar-refractivity contribution is 0.934. The van der Waals surface area contributed by atoms with E-state index < -0.39 is 0 Å². The molecular formula is C13H12N4. The van der Waals surface area contributed by atoms with Gasteiger partial charge in [-0.25, -0.2) is 15.0 Å². The van der Waals surface area contributed by atoms with Crippen LogP contribution >= 0.6 is 0 Å². The van der Waals surface area contributed by atoms with Crippen LogP contribution in [0.5, 0.6) is 0 Å². The van der Waals surface area contributed by atoms with Crippen molar-refractivity contribution in [3.8, 4) is 5.82 Å². The molecule has 4 nitrogen and oxygen atoms in total. The van der Waals surface area contributed by atoms with Crippen LogP contribution < -0.4 is 0 Å². The first kappa shape index (κ1) is 9.96. The van der Waals surface area contributed by atoms with Crippen LogP contribution in [0.25, 0.3) is 16.9 Å². The smallest absolute Gasteiger partial charge is 0.142 e. The van der Waals surface area contributed by atoms with Crippen molar-refractivity contribution < 1.29 is 0 Å². The molecule has 0 aliphatic carbocycles. The lowest BCUT2D eigenvalue weighted by atomic mass is 10.3. The number of imidazole rings is 1. The van der Waals surface area contributed by atoms with Crippen molar-refractivity contribution in [1.82, 2.24) is 19.5 Å². The fourth-order valence-electron chi connectivity index (χ4n) is 1.96. The molecule has 3 rings (SSSR count). The minimum absolute atomic E-state index is 0.776. The molecule has 0 saturated carbocycles. The third-order valence-electron chi connectivity index (χ3n) is 2.65. The Balaban J connectivity index is 2.27. The van der Waals surface area contributed by atoms with Gasteiger partial charge in [0, 0.05) is 11.8 Å². The van der Waals surface area contributed by atoms with Gasteiger partial charge in [-0.15, -0.1) is 0 Å². The molecule has 17 heavy (non-hydrogen) atoms. The number of para-hydroxylation sites is 2. The number of rotatable bonds is 1. The van der Waals surface area contributed by atoms with E-state index >= 15 is 0 Å². The minimum atomic E-state index is 0.776. The highest BCUT2D eigenvalue weighted by Crippen LogP contribution is 2.16. The second kappa shape index (κ2) is 3.66. The van der Waals surface area contributed by atoms with Crippen molar-refractivity contribution in [3.63, 3.8) is 0 Å². The molecule has 4 heteroatoms. The first-order valence-electron chi connectivity index (χ1n) is 5.49. The van der Waals surface area contributed by atoms with Crippen LogP contribution in [-0.2, 0) is 0 Å². The molecule has 0 unspecified atom stereocenters. The highest BCUT2D eigenvalue weighted by atomic mass is 15.1. The minimum Gasteiger partial charge on any atom is -0.283 e. The molecule has 0 aliphatic rings. The van der Waals surface area contributed by atoms with Gasteiger partial charge in [0.15, 0.2) is 0 Å². The summed E-state index contributed by atoms with van der Waals surface area (Å²) in [6.07, 6.45) is 1.80. The maximum Gasteiger partial charge on any atom is 0.142 e. The van der Waals surface area contributed by atoms with Gasteiger partial charge >= 0.3 is 0 Å². The maximum atomic E-state index is 4.44. The molecule has 0 amide bonds. The van der Waals surface area contributed by atoms with Crippen LogP contribution in [0, 0.1) is 13.8 Å². The van der Waals surface area contributed by atoms with E-state index in [1.807, 2.05) is 48.7 Å². The zero-order valence-electron chi connectivity index (χ0n) is 9.75. The largest absolute Gasteiger partial charge is 0.283 e. The van der Waals surface area contributed by atoms with Gasteiger partial charge in [0.2, 0.25) is 0 Å². The van der Waals surface area contributed by atoms with Crippen LogP contribution in [0.4, 0.5) is 0 Å². The number of fused-ring (bicyclic) bond motifs is 1. The van der Waals surface area contributed by atoms with Gasteiger partial charge in [-0.3, -0.25) is 4.57 Å². The highest BCUT2D eigenvalue weighted by Gasteiger charge is 2.06. The van der Waals surface area contributed by atoms with E-state index in [0.717, 1.165) is 28.4 Å². The normalized spacial score (nSPS) is 10.9. The van der Waals surface area contributed by atoms with Crippen LogP contribution in [0.2, 0.25) is 0 Å². The topological polar surface area (TPSA) is 43.6 Å². The Hall–Kier alpha value is -2.23. The van der Waals surface area contributed by atoms with Crippen LogP contribution in [-0.4, -0.2) is 19.5 Å². The standard InChI is InChI=1S/C13H12N4/c1-9-7-13(16-10(2)15-9)17-8-14-11-5-3-4-6-12(11)17/h3-8H,1-2H3. The van der Waals surface area contributed by atoms with Crippen LogP contribution in [0.1, 0.15) is 11.5 Å². The van der Waals surface area contributed by atoms with Crippen molar-refractivity contribution in [2.75, 3.05) is 0 Å². The van der Waals surface area contributed by atoms with E-state index in [4.69, 9.17) is 0 Å². The predicted molar refractivity (Wildman–Crippen MR) is 66.1 cm³/mol. The molecule has 2 aromatic heterocycles. The molecule has 0 saturated heterocycles. The molecule has 0 atom stereocenters. The summed E-state index contributed by atoms with van der Waals surface area (Å²) in [4.78, 5) is 13.1. The van der Waals surface area contributed by atoms with E-state index in [1.54, 1.807) is 6.33 Å². The Labute approximate surface area is 99.0 Å². The monoisotopic (exact) mass is 224 g/mol. The van der Waals surface area contributed by atoms with E-state index in [0.29, 0.717) is 0 Å². The molecule has 1 aromatic carbocycles. The summed E-state index contributed by atoms with van der Waals surface area (Å²) in [5, 5.41) is 0. The Bertz CT molecular complexity index is 664. The first-order valence-corrected chi connectivity index (χ1v) is 5.49. The summed E-state index contributed by atoms with van der Waals surface area (Å²) >= 11 is 0. The molecule has 2 heterocycles. The summed E-state index contributed by atoms with van der Waals surface area (Å²) in [6, 6.07) is 9.97. The molecule has 0 bridgehead atoms.